The Morgan fingerprint density at radius 2 is 1.68 bits per heavy atom. The van der Waals surface area contributed by atoms with Crippen LogP contribution in [0, 0.1) is 0 Å². The highest BCUT2D eigenvalue weighted by atomic mass is 79.9. The third kappa shape index (κ3) is 7.20. The number of hydrogen-bond acceptors (Lipinski definition) is 6. The second-order valence-electron chi connectivity index (χ2n) is 8.13. The quantitative estimate of drug-likeness (QED) is 0.0883. The summed E-state index contributed by atoms with van der Waals surface area (Å²) in [6.07, 6.45) is 2.30. The summed E-state index contributed by atoms with van der Waals surface area (Å²) in [6.45, 7) is 2.40. The zero-order valence-corrected chi connectivity index (χ0v) is 23.6. The number of ether oxygens (including phenoxy) is 3. The molecule has 0 atom stereocenters. The van der Waals surface area contributed by atoms with E-state index in [1.807, 2.05) is 37.3 Å². The van der Waals surface area contributed by atoms with Crippen molar-refractivity contribution in [2.75, 3.05) is 13.2 Å². The third-order valence-electron chi connectivity index (χ3n) is 5.32. The minimum Gasteiger partial charge on any atom is -0.494 e. The fourth-order valence-electron chi connectivity index (χ4n) is 3.45. The van der Waals surface area contributed by atoms with E-state index in [1.165, 1.54) is 6.21 Å². The van der Waals surface area contributed by atoms with Crippen LogP contribution in [0.5, 0.6) is 17.2 Å². The molecule has 0 fully saturated rings. The molecule has 0 radical (unpaired) electrons. The predicted molar refractivity (Wildman–Crippen MR) is 154 cm³/mol. The van der Waals surface area contributed by atoms with Gasteiger partial charge in [0.15, 0.2) is 6.61 Å². The Labute approximate surface area is 237 Å². The molecular weight excluding hydrogens is 616 g/mol. The van der Waals surface area contributed by atoms with Gasteiger partial charge in [0.2, 0.25) is 0 Å². The van der Waals surface area contributed by atoms with Gasteiger partial charge in [0.05, 0.1) is 22.9 Å². The number of nitrogens with one attached hydrogen (secondary N) is 1. The summed E-state index contributed by atoms with van der Waals surface area (Å²) in [7, 11) is 0. The van der Waals surface area contributed by atoms with Gasteiger partial charge in [-0.15, -0.1) is 0 Å². The van der Waals surface area contributed by atoms with E-state index < -0.39 is 11.9 Å². The summed E-state index contributed by atoms with van der Waals surface area (Å²) >= 11 is 6.94. The summed E-state index contributed by atoms with van der Waals surface area (Å²) in [5, 5.41) is 6.05. The number of fused-ring (bicyclic) bond motifs is 1. The molecule has 38 heavy (non-hydrogen) atoms. The minimum absolute atomic E-state index is 0.230. The Bertz CT molecular complexity index is 1470. The maximum Gasteiger partial charge on any atom is 0.343 e. The highest BCUT2D eigenvalue weighted by molar-refractivity contribution is 9.11. The van der Waals surface area contributed by atoms with E-state index in [4.69, 9.17) is 14.2 Å². The molecule has 0 aliphatic carbocycles. The molecule has 1 amide bonds. The van der Waals surface area contributed by atoms with E-state index in [1.54, 1.807) is 48.5 Å². The van der Waals surface area contributed by atoms with Crippen molar-refractivity contribution in [2.45, 2.75) is 13.3 Å². The molecule has 0 spiro atoms. The topological polar surface area (TPSA) is 86.2 Å². The number of hydrazone groups is 1. The van der Waals surface area contributed by atoms with E-state index in [9.17, 15) is 9.59 Å². The van der Waals surface area contributed by atoms with Crippen LogP contribution >= 0.6 is 31.9 Å². The van der Waals surface area contributed by atoms with Gasteiger partial charge in [0.25, 0.3) is 5.91 Å². The average molecular weight is 640 g/mol. The van der Waals surface area contributed by atoms with Crippen molar-refractivity contribution in [3.05, 3.63) is 98.9 Å². The SMILES string of the molecule is CCCOc1ccc(C(=O)Oc2ccc(Br)cc2/C=N/NC(=O)COc2ccc3ccccc3c2Br)cc1. The molecular formula is C29H24Br2N2O5. The molecule has 0 saturated carbocycles. The molecule has 0 aliphatic heterocycles. The van der Waals surface area contributed by atoms with Crippen LogP contribution in [0.1, 0.15) is 29.3 Å². The van der Waals surface area contributed by atoms with Gasteiger partial charge in [-0.3, -0.25) is 4.79 Å². The van der Waals surface area contributed by atoms with Crippen molar-refractivity contribution in [2.24, 2.45) is 5.10 Å². The van der Waals surface area contributed by atoms with Crippen LogP contribution in [0.3, 0.4) is 0 Å². The second-order valence-corrected chi connectivity index (χ2v) is 9.83. The van der Waals surface area contributed by atoms with Gasteiger partial charge in [0, 0.05) is 10.0 Å². The standard InChI is InChI=1S/C29H24Br2N2O5/c1-2-15-36-23-11-7-20(8-12-23)29(35)38-25-14-10-22(30)16-21(25)17-32-33-27(34)18-37-26-13-9-19-5-3-4-6-24(19)28(26)31/h3-14,16-17H,2,15,18H2,1H3,(H,33,34)/b32-17+. The number of carbonyl (C=O) groups excluding carboxylic acids is 2. The van der Waals surface area contributed by atoms with Crippen LogP contribution in [0.2, 0.25) is 0 Å². The number of carbonyl (C=O) groups is 2. The zero-order valence-electron chi connectivity index (χ0n) is 20.4. The van der Waals surface area contributed by atoms with Gasteiger partial charge < -0.3 is 14.2 Å². The zero-order chi connectivity index (χ0) is 26.9. The number of amides is 1. The second kappa shape index (κ2) is 13.2. The molecule has 9 heteroatoms. The molecule has 4 rings (SSSR count). The lowest BCUT2D eigenvalue weighted by atomic mass is 10.1. The first-order chi connectivity index (χ1) is 18.4. The maximum atomic E-state index is 12.7. The van der Waals surface area contributed by atoms with E-state index in [0.29, 0.717) is 35.0 Å². The molecule has 4 aromatic rings. The highest BCUT2D eigenvalue weighted by Crippen LogP contribution is 2.33. The van der Waals surface area contributed by atoms with Crippen molar-refractivity contribution in [3.8, 4) is 17.2 Å². The van der Waals surface area contributed by atoms with E-state index >= 15 is 0 Å². The highest BCUT2D eigenvalue weighted by Gasteiger charge is 2.13. The Kier molecular flexibility index (Phi) is 9.51. The van der Waals surface area contributed by atoms with E-state index in [0.717, 1.165) is 26.1 Å². The smallest absolute Gasteiger partial charge is 0.343 e. The van der Waals surface area contributed by atoms with Crippen LogP contribution in [-0.4, -0.2) is 31.3 Å². The fourth-order valence-corrected chi connectivity index (χ4v) is 4.44. The number of halogens is 2. The Morgan fingerprint density at radius 1 is 0.921 bits per heavy atom. The number of rotatable bonds is 10. The van der Waals surface area contributed by atoms with Crippen molar-refractivity contribution in [3.63, 3.8) is 0 Å². The first-order valence-corrected chi connectivity index (χ1v) is 13.4. The van der Waals surface area contributed by atoms with Crippen LogP contribution in [-0.2, 0) is 4.79 Å². The average Bonchev–Trinajstić information content (AvgIpc) is 2.93. The molecule has 0 aromatic heterocycles. The Balaban J connectivity index is 1.36. The molecule has 0 aliphatic rings. The Hall–Kier alpha value is -3.69. The summed E-state index contributed by atoms with van der Waals surface area (Å²) in [4.78, 5) is 25.0. The monoisotopic (exact) mass is 638 g/mol. The van der Waals surface area contributed by atoms with Crippen molar-refractivity contribution in [1.29, 1.82) is 0 Å². The van der Waals surface area contributed by atoms with Crippen LogP contribution in [0.4, 0.5) is 0 Å². The van der Waals surface area contributed by atoms with Crippen LogP contribution in [0.15, 0.2) is 92.9 Å². The Morgan fingerprint density at radius 3 is 2.47 bits per heavy atom. The van der Waals surface area contributed by atoms with E-state index in [-0.39, 0.29) is 6.61 Å². The van der Waals surface area contributed by atoms with Crippen molar-refractivity contribution >= 4 is 60.7 Å². The van der Waals surface area contributed by atoms with Gasteiger partial charge in [-0.1, -0.05) is 53.2 Å². The molecule has 0 bridgehead atoms. The number of esters is 1. The van der Waals surface area contributed by atoms with Crippen molar-refractivity contribution < 1.29 is 23.8 Å². The summed E-state index contributed by atoms with van der Waals surface area (Å²) in [5.41, 5.74) is 3.31. The van der Waals surface area contributed by atoms with Gasteiger partial charge in [-0.25, -0.2) is 10.2 Å². The van der Waals surface area contributed by atoms with Gasteiger partial charge in [0.1, 0.15) is 17.2 Å². The molecule has 1 N–H and O–H groups in total. The molecule has 4 aromatic carbocycles. The maximum absolute atomic E-state index is 12.7. The van der Waals surface area contributed by atoms with Gasteiger partial charge in [-0.05, 0) is 81.7 Å². The predicted octanol–water partition coefficient (Wildman–Crippen LogP) is 6.90. The minimum atomic E-state index is -0.526. The lowest BCUT2D eigenvalue weighted by Gasteiger charge is -2.10. The third-order valence-corrected chi connectivity index (χ3v) is 6.63. The molecule has 0 saturated heterocycles. The lowest BCUT2D eigenvalue weighted by molar-refractivity contribution is -0.123. The molecule has 0 unspecified atom stereocenters. The molecule has 194 valence electrons. The van der Waals surface area contributed by atoms with Gasteiger partial charge >= 0.3 is 5.97 Å². The summed E-state index contributed by atoms with van der Waals surface area (Å²) < 4.78 is 18.3. The first kappa shape index (κ1) is 27.3. The summed E-state index contributed by atoms with van der Waals surface area (Å²) in [6, 6.07) is 23.4. The number of benzene rings is 4. The van der Waals surface area contributed by atoms with Crippen LogP contribution in [0.25, 0.3) is 10.8 Å². The number of nitrogens with zero attached hydrogens (tertiary/aromatic N) is 1. The first-order valence-electron chi connectivity index (χ1n) is 11.8. The largest absolute Gasteiger partial charge is 0.494 e. The summed E-state index contributed by atoms with van der Waals surface area (Å²) in [5.74, 6) is 0.558. The van der Waals surface area contributed by atoms with Gasteiger partial charge in [-0.2, -0.15) is 5.10 Å². The fraction of sp³-hybridized carbons (Fsp3) is 0.138. The number of hydrogen-bond donors (Lipinski definition) is 1. The van der Waals surface area contributed by atoms with Crippen LogP contribution < -0.4 is 19.6 Å². The lowest BCUT2D eigenvalue weighted by Crippen LogP contribution is -2.24. The molecule has 0 heterocycles. The molecule has 7 nitrogen and oxygen atoms in total. The van der Waals surface area contributed by atoms with Crippen molar-refractivity contribution in [1.82, 2.24) is 5.43 Å². The van der Waals surface area contributed by atoms with E-state index in [2.05, 4.69) is 42.4 Å². The normalized spacial score (nSPS) is 10.9.